The maximum absolute atomic E-state index is 11.1. The maximum atomic E-state index is 11.1. The Bertz CT molecular complexity index is 295. The van der Waals surface area contributed by atoms with E-state index in [0.29, 0.717) is 11.3 Å². The van der Waals surface area contributed by atoms with Crippen LogP contribution in [0.1, 0.15) is 10.4 Å². The van der Waals surface area contributed by atoms with Gasteiger partial charge in [-0.25, -0.2) is 0 Å². The summed E-state index contributed by atoms with van der Waals surface area (Å²) in [6.45, 7) is 0.247. The zero-order valence-electron chi connectivity index (χ0n) is 7.99. The number of hydrogen-bond donors (Lipinski definition) is 2. The molecule has 0 unspecified atom stereocenters. The molecule has 0 heterocycles. The minimum atomic E-state index is -0.126. The van der Waals surface area contributed by atoms with E-state index >= 15 is 0 Å². The Hall–Kier alpha value is -1.55. The summed E-state index contributed by atoms with van der Waals surface area (Å²) in [6, 6.07) is 6.73. The average Bonchev–Trinajstić information content (AvgIpc) is 2.26. The molecule has 0 saturated carbocycles. The van der Waals surface area contributed by atoms with Crippen LogP contribution >= 0.6 is 0 Å². The topological polar surface area (TPSA) is 58.6 Å². The van der Waals surface area contributed by atoms with Gasteiger partial charge in [-0.15, -0.1) is 0 Å². The lowest BCUT2D eigenvalue weighted by molar-refractivity contribution is 0.0963. The van der Waals surface area contributed by atoms with E-state index in [-0.39, 0.29) is 19.1 Å². The number of aliphatic hydroxyl groups excluding tert-OH is 1. The summed E-state index contributed by atoms with van der Waals surface area (Å²) in [4.78, 5) is 11.1. The van der Waals surface area contributed by atoms with E-state index in [9.17, 15) is 4.79 Å². The zero-order chi connectivity index (χ0) is 10.4. The normalized spacial score (nSPS) is 9.57. The molecule has 14 heavy (non-hydrogen) atoms. The third-order valence-corrected chi connectivity index (χ3v) is 1.70. The van der Waals surface area contributed by atoms with Crippen LogP contribution in [0.5, 0.6) is 5.75 Å². The van der Waals surface area contributed by atoms with E-state index in [0.717, 1.165) is 0 Å². The SMILES string of the molecule is CNC(=O)c1ccc(OCCO)cc1. The maximum Gasteiger partial charge on any atom is 0.251 e. The number of aliphatic hydroxyl groups is 1. The van der Waals surface area contributed by atoms with Crippen molar-refractivity contribution in [2.75, 3.05) is 20.3 Å². The highest BCUT2D eigenvalue weighted by Crippen LogP contribution is 2.11. The van der Waals surface area contributed by atoms with Gasteiger partial charge in [0, 0.05) is 12.6 Å². The van der Waals surface area contributed by atoms with E-state index in [1.165, 1.54) is 0 Å². The quantitative estimate of drug-likeness (QED) is 0.732. The molecule has 4 heteroatoms. The second kappa shape index (κ2) is 5.24. The predicted octanol–water partition coefficient (Wildman–Crippen LogP) is 0.417. The van der Waals surface area contributed by atoms with Crippen LogP contribution in [0.25, 0.3) is 0 Å². The molecule has 1 amide bonds. The third-order valence-electron chi connectivity index (χ3n) is 1.70. The summed E-state index contributed by atoms with van der Waals surface area (Å²) >= 11 is 0. The van der Waals surface area contributed by atoms with Gasteiger partial charge in [-0.1, -0.05) is 0 Å². The van der Waals surface area contributed by atoms with Crippen molar-refractivity contribution in [2.45, 2.75) is 0 Å². The molecule has 0 fully saturated rings. The number of nitrogens with one attached hydrogen (secondary N) is 1. The van der Waals surface area contributed by atoms with Crippen molar-refractivity contribution in [3.8, 4) is 5.75 Å². The van der Waals surface area contributed by atoms with Crippen LogP contribution in [-0.4, -0.2) is 31.3 Å². The Labute approximate surface area is 82.5 Å². The van der Waals surface area contributed by atoms with E-state index in [1.54, 1.807) is 31.3 Å². The highest BCUT2D eigenvalue weighted by atomic mass is 16.5. The molecule has 0 aromatic heterocycles. The molecule has 0 bridgehead atoms. The molecule has 4 nitrogen and oxygen atoms in total. The number of carbonyl (C=O) groups is 1. The number of ether oxygens (including phenoxy) is 1. The second-order valence-electron chi connectivity index (χ2n) is 2.68. The molecule has 0 atom stereocenters. The molecule has 2 N–H and O–H groups in total. The van der Waals surface area contributed by atoms with Crippen molar-refractivity contribution in [3.05, 3.63) is 29.8 Å². The fraction of sp³-hybridized carbons (Fsp3) is 0.300. The summed E-state index contributed by atoms with van der Waals surface area (Å²) in [5, 5.41) is 11.0. The second-order valence-corrected chi connectivity index (χ2v) is 2.68. The molecule has 0 aliphatic rings. The summed E-state index contributed by atoms with van der Waals surface area (Å²) in [5.74, 6) is 0.519. The van der Waals surface area contributed by atoms with Gasteiger partial charge in [0.1, 0.15) is 12.4 Å². The molecule has 0 aliphatic carbocycles. The first kappa shape index (κ1) is 10.5. The molecule has 76 valence electrons. The monoisotopic (exact) mass is 195 g/mol. The Kier molecular flexibility index (Phi) is 3.94. The minimum Gasteiger partial charge on any atom is -0.491 e. The van der Waals surface area contributed by atoms with Gasteiger partial charge in [-0.2, -0.15) is 0 Å². The highest BCUT2D eigenvalue weighted by molar-refractivity contribution is 5.94. The zero-order valence-corrected chi connectivity index (χ0v) is 7.99. The van der Waals surface area contributed by atoms with E-state index < -0.39 is 0 Å². The lowest BCUT2D eigenvalue weighted by Crippen LogP contribution is -2.17. The van der Waals surface area contributed by atoms with E-state index in [4.69, 9.17) is 9.84 Å². The summed E-state index contributed by atoms with van der Waals surface area (Å²) in [6.07, 6.45) is 0. The van der Waals surface area contributed by atoms with E-state index in [1.807, 2.05) is 0 Å². The summed E-state index contributed by atoms with van der Waals surface area (Å²) in [5.41, 5.74) is 0.587. The Morgan fingerprint density at radius 1 is 1.43 bits per heavy atom. The molecular formula is C10H13NO3. The molecule has 0 aliphatic heterocycles. The van der Waals surface area contributed by atoms with Crippen LogP contribution < -0.4 is 10.1 Å². The Balaban J connectivity index is 2.63. The fourth-order valence-electron chi connectivity index (χ4n) is 1.01. The first-order valence-electron chi connectivity index (χ1n) is 4.33. The Morgan fingerprint density at radius 2 is 2.07 bits per heavy atom. The summed E-state index contributed by atoms with van der Waals surface area (Å²) < 4.78 is 5.14. The standard InChI is InChI=1S/C10H13NO3/c1-11-10(13)8-2-4-9(5-3-8)14-7-6-12/h2-5,12H,6-7H2,1H3,(H,11,13). The van der Waals surface area contributed by atoms with Crippen LogP contribution in [0, 0.1) is 0 Å². The fourth-order valence-corrected chi connectivity index (χ4v) is 1.01. The number of rotatable bonds is 4. The van der Waals surface area contributed by atoms with Crippen molar-refractivity contribution in [3.63, 3.8) is 0 Å². The highest BCUT2D eigenvalue weighted by Gasteiger charge is 2.01. The number of hydrogen-bond acceptors (Lipinski definition) is 3. The van der Waals surface area contributed by atoms with Crippen molar-refractivity contribution in [1.29, 1.82) is 0 Å². The van der Waals surface area contributed by atoms with Gasteiger partial charge in [0.15, 0.2) is 0 Å². The van der Waals surface area contributed by atoms with Crippen molar-refractivity contribution >= 4 is 5.91 Å². The molecular weight excluding hydrogens is 182 g/mol. The minimum absolute atomic E-state index is 0.0167. The van der Waals surface area contributed by atoms with Crippen LogP contribution in [0.3, 0.4) is 0 Å². The van der Waals surface area contributed by atoms with Crippen molar-refractivity contribution in [1.82, 2.24) is 5.32 Å². The van der Waals surface area contributed by atoms with Crippen LogP contribution in [-0.2, 0) is 0 Å². The van der Waals surface area contributed by atoms with Crippen LogP contribution in [0.2, 0.25) is 0 Å². The van der Waals surface area contributed by atoms with Gasteiger partial charge in [0.05, 0.1) is 6.61 Å². The van der Waals surface area contributed by atoms with Gasteiger partial charge in [-0.3, -0.25) is 4.79 Å². The van der Waals surface area contributed by atoms with Crippen molar-refractivity contribution in [2.24, 2.45) is 0 Å². The van der Waals surface area contributed by atoms with Gasteiger partial charge < -0.3 is 15.2 Å². The molecule has 1 aromatic carbocycles. The molecule has 0 spiro atoms. The first-order valence-corrected chi connectivity index (χ1v) is 4.33. The molecule has 0 saturated heterocycles. The molecule has 1 aromatic rings. The largest absolute Gasteiger partial charge is 0.491 e. The predicted molar refractivity (Wildman–Crippen MR) is 52.4 cm³/mol. The van der Waals surface area contributed by atoms with Gasteiger partial charge in [0.25, 0.3) is 5.91 Å². The molecule has 0 radical (unpaired) electrons. The van der Waals surface area contributed by atoms with Gasteiger partial charge in [-0.05, 0) is 24.3 Å². The smallest absolute Gasteiger partial charge is 0.251 e. The molecule has 1 rings (SSSR count). The van der Waals surface area contributed by atoms with E-state index in [2.05, 4.69) is 5.32 Å². The average molecular weight is 195 g/mol. The third kappa shape index (κ3) is 2.74. The number of carbonyl (C=O) groups excluding carboxylic acids is 1. The van der Waals surface area contributed by atoms with Gasteiger partial charge in [0.2, 0.25) is 0 Å². The first-order chi connectivity index (χ1) is 6.77. The number of benzene rings is 1. The number of amides is 1. The van der Waals surface area contributed by atoms with Crippen LogP contribution in [0.4, 0.5) is 0 Å². The van der Waals surface area contributed by atoms with Crippen molar-refractivity contribution < 1.29 is 14.6 Å². The van der Waals surface area contributed by atoms with Gasteiger partial charge >= 0.3 is 0 Å². The Morgan fingerprint density at radius 3 is 2.57 bits per heavy atom. The summed E-state index contributed by atoms with van der Waals surface area (Å²) in [7, 11) is 1.58. The lowest BCUT2D eigenvalue weighted by Gasteiger charge is -2.04. The van der Waals surface area contributed by atoms with Crippen LogP contribution in [0.15, 0.2) is 24.3 Å². The lowest BCUT2D eigenvalue weighted by atomic mass is 10.2.